The number of hydrogen-bond acceptors (Lipinski definition) is 4. The van der Waals surface area contributed by atoms with Crippen molar-refractivity contribution in [2.45, 2.75) is 36.7 Å². The number of ether oxygens (including phenoxy) is 2. The minimum atomic E-state index is -0.810. The largest absolute Gasteiger partial charge is 0.394 e. The third-order valence-electron chi connectivity index (χ3n) is 2.92. The van der Waals surface area contributed by atoms with Crippen LogP contribution >= 0.6 is 0 Å². The molecule has 0 amide bonds. The Labute approximate surface area is 78.2 Å². The smallest absolute Gasteiger partial charge is 0.114 e. The minimum absolute atomic E-state index is 0.222. The Kier molecular flexibility index (Phi) is 2.36. The fourth-order valence-electron chi connectivity index (χ4n) is 2.14. The van der Waals surface area contributed by atoms with E-state index in [-0.39, 0.29) is 6.61 Å². The van der Waals surface area contributed by atoms with Gasteiger partial charge in [0.15, 0.2) is 0 Å². The van der Waals surface area contributed by atoms with E-state index in [1.165, 1.54) is 0 Å². The fraction of sp³-hybridized carbons (Fsp3) is 1.00. The average Bonchev–Trinajstić information content (AvgIpc) is 2.69. The van der Waals surface area contributed by atoms with Gasteiger partial charge in [0.05, 0.1) is 6.61 Å². The molecule has 1 spiro atoms. The summed E-state index contributed by atoms with van der Waals surface area (Å²) < 4.78 is 10.7. The molecule has 0 aromatic rings. The summed E-state index contributed by atoms with van der Waals surface area (Å²) in [6, 6.07) is -0.623. The second-order valence-electron chi connectivity index (χ2n) is 3.63. The van der Waals surface area contributed by atoms with Gasteiger partial charge < -0.3 is 19.7 Å². The third-order valence-corrected chi connectivity index (χ3v) is 2.92. The second-order valence-corrected chi connectivity index (χ2v) is 3.63. The van der Waals surface area contributed by atoms with E-state index in [0.717, 1.165) is 6.42 Å². The zero-order valence-corrected chi connectivity index (χ0v) is 7.35. The monoisotopic (exact) mass is 184 g/mol. The Balaban J connectivity index is 2.18. The lowest BCUT2D eigenvalue weighted by atomic mass is 9.78. The zero-order valence-electron chi connectivity index (χ0n) is 7.35. The predicted molar refractivity (Wildman–Crippen MR) is 45.4 cm³/mol. The van der Waals surface area contributed by atoms with Gasteiger partial charge in [-0.2, -0.15) is 0 Å². The van der Waals surface area contributed by atoms with Crippen molar-refractivity contribution in [1.82, 2.24) is 0 Å². The molecule has 2 rings (SSSR count). The van der Waals surface area contributed by atoms with Crippen LogP contribution in [0.3, 0.4) is 0 Å². The van der Waals surface area contributed by atoms with E-state index < -0.39 is 23.8 Å². The van der Waals surface area contributed by atoms with Crippen molar-refractivity contribution in [2.75, 3.05) is 13.2 Å². The molecule has 4 nitrogen and oxygen atoms in total. The first-order chi connectivity index (χ1) is 6.20. The van der Waals surface area contributed by atoms with Crippen LogP contribution in [0, 0.1) is 0 Å². The summed E-state index contributed by atoms with van der Waals surface area (Å²) in [5.41, 5.74) is -0.770. The molecule has 0 saturated carbocycles. The summed E-state index contributed by atoms with van der Waals surface area (Å²) in [6.07, 6.45) is 0.168. The molecule has 2 radical (unpaired) electrons. The Hall–Kier alpha value is -0.0951. The third kappa shape index (κ3) is 1.22. The number of rotatable bonds is 1. The zero-order chi connectivity index (χ0) is 9.47. The van der Waals surface area contributed by atoms with Crippen LogP contribution in [0.1, 0.15) is 12.8 Å². The molecule has 13 heavy (non-hydrogen) atoms. The van der Waals surface area contributed by atoms with Gasteiger partial charge in [-0.1, -0.05) is 0 Å². The molecule has 0 aromatic heterocycles. The Morgan fingerprint density at radius 1 is 1.54 bits per heavy atom. The molecule has 5 heteroatoms. The van der Waals surface area contributed by atoms with Crippen molar-refractivity contribution < 1.29 is 19.7 Å². The Morgan fingerprint density at radius 2 is 2.31 bits per heavy atom. The van der Waals surface area contributed by atoms with Gasteiger partial charge in [0.25, 0.3) is 0 Å². The van der Waals surface area contributed by atoms with E-state index in [0.29, 0.717) is 13.0 Å². The van der Waals surface area contributed by atoms with Gasteiger partial charge in [-0.05, 0) is 12.8 Å². The minimum Gasteiger partial charge on any atom is -0.394 e. The lowest BCUT2D eigenvalue weighted by molar-refractivity contribution is -0.0761. The molecular weight excluding hydrogens is 171 g/mol. The molecule has 2 heterocycles. The first-order valence-corrected chi connectivity index (χ1v) is 4.54. The molecule has 2 aliphatic rings. The number of aliphatic hydroxyl groups is 2. The van der Waals surface area contributed by atoms with Crippen molar-refractivity contribution in [3.05, 3.63) is 0 Å². The number of hydrogen-bond donors (Lipinski definition) is 2. The van der Waals surface area contributed by atoms with E-state index >= 15 is 0 Å². The molecular formula is C8H13BO4. The Morgan fingerprint density at radius 3 is 2.77 bits per heavy atom. The van der Waals surface area contributed by atoms with Crippen LogP contribution in [-0.4, -0.2) is 55.1 Å². The summed E-state index contributed by atoms with van der Waals surface area (Å²) in [5.74, 6) is 0. The van der Waals surface area contributed by atoms with Crippen molar-refractivity contribution in [1.29, 1.82) is 0 Å². The molecule has 0 aliphatic carbocycles. The summed E-state index contributed by atoms with van der Waals surface area (Å²) in [7, 11) is 5.71. The van der Waals surface area contributed by atoms with Gasteiger partial charge in [-0.3, -0.25) is 0 Å². The average molecular weight is 184 g/mol. The maximum absolute atomic E-state index is 9.82. The normalized spacial score (nSPS) is 50.5. The van der Waals surface area contributed by atoms with Gasteiger partial charge in [-0.25, -0.2) is 0 Å². The van der Waals surface area contributed by atoms with Gasteiger partial charge in [0.2, 0.25) is 0 Å². The molecule has 2 N–H and O–H groups in total. The van der Waals surface area contributed by atoms with Crippen LogP contribution in [0.2, 0.25) is 0 Å². The fourth-order valence-corrected chi connectivity index (χ4v) is 2.14. The first kappa shape index (κ1) is 9.46. The van der Waals surface area contributed by atoms with E-state index in [9.17, 15) is 5.11 Å². The van der Waals surface area contributed by atoms with Crippen molar-refractivity contribution in [3.8, 4) is 0 Å². The highest BCUT2D eigenvalue weighted by atomic mass is 16.6. The van der Waals surface area contributed by atoms with Crippen molar-refractivity contribution >= 4 is 7.85 Å². The van der Waals surface area contributed by atoms with Crippen molar-refractivity contribution in [2.24, 2.45) is 0 Å². The first-order valence-electron chi connectivity index (χ1n) is 4.54. The maximum Gasteiger partial charge on any atom is 0.114 e. The highest BCUT2D eigenvalue weighted by Gasteiger charge is 2.55. The summed E-state index contributed by atoms with van der Waals surface area (Å²) in [6.45, 7) is 0.381. The lowest BCUT2D eigenvalue weighted by Crippen LogP contribution is -2.48. The lowest BCUT2D eigenvalue weighted by Gasteiger charge is -2.29. The van der Waals surface area contributed by atoms with E-state index in [1.807, 2.05) is 0 Å². The standard InChI is InChI=1S/C8H13BO4/c9-7-8(2-1-3-12-8)6(11)5(4-10)13-7/h5-7,10-11H,1-4H2/t5?,6-,7?,8-/m1/s1. The molecule has 2 aliphatic heterocycles. The Bertz CT molecular complexity index is 193. The summed E-state index contributed by atoms with van der Waals surface area (Å²) >= 11 is 0. The molecule has 2 fully saturated rings. The summed E-state index contributed by atoms with van der Waals surface area (Å²) in [4.78, 5) is 0. The summed E-state index contributed by atoms with van der Waals surface area (Å²) in [5, 5.41) is 18.7. The molecule has 0 aromatic carbocycles. The van der Waals surface area contributed by atoms with Gasteiger partial charge >= 0.3 is 0 Å². The SMILES string of the molecule is [B]C1OC(CO)[C@@H](O)[C@]12CCCO2. The van der Waals surface area contributed by atoms with Crippen LogP contribution in [0.5, 0.6) is 0 Å². The van der Waals surface area contributed by atoms with Crippen LogP contribution in [0.4, 0.5) is 0 Å². The topological polar surface area (TPSA) is 58.9 Å². The molecule has 2 saturated heterocycles. The van der Waals surface area contributed by atoms with Crippen LogP contribution in [-0.2, 0) is 9.47 Å². The van der Waals surface area contributed by atoms with Gasteiger partial charge in [-0.15, -0.1) is 0 Å². The highest BCUT2D eigenvalue weighted by Crippen LogP contribution is 2.40. The molecule has 2 unspecified atom stereocenters. The second kappa shape index (κ2) is 3.24. The van der Waals surface area contributed by atoms with Gasteiger partial charge in [0, 0.05) is 12.6 Å². The quantitative estimate of drug-likeness (QED) is 0.501. The highest BCUT2D eigenvalue weighted by molar-refractivity contribution is 6.12. The molecule has 72 valence electrons. The van der Waals surface area contributed by atoms with E-state index in [1.54, 1.807) is 0 Å². The van der Waals surface area contributed by atoms with Gasteiger partial charge in [0.1, 0.15) is 25.7 Å². The van der Waals surface area contributed by atoms with Crippen LogP contribution in [0.15, 0.2) is 0 Å². The molecule has 4 atom stereocenters. The van der Waals surface area contributed by atoms with Crippen LogP contribution in [0.25, 0.3) is 0 Å². The predicted octanol–water partition coefficient (Wildman–Crippen LogP) is -1.22. The van der Waals surface area contributed by atoms with E-state index in [4.69, 9.17) is 22.4 Å². The van der Waals surface area contributed by atoms with E-state index in [2.05, 4.69) is 0 Å². The maximum atomic E-state index is 9.82. The molecule has 0 bridgehead atoms. The number of aliphatic hydroxyl groups excluding tert-OH is 2. The van der Waals surface area contributed by atoms with Crippen LogP contribution < -0.4 is 0 Å². The van der Waals surface area contributed by atoms with Crippen molar-refractivity contribution in [3.63, 3.8) is 0 Å².